The van der Waals surface area contributed by atoms with Gasteiger partial charge in [0, 0.05) is 23.1 Å². The van der Waals surface area contributed by atoms with Crippen molar-refractivity contribution in [1.82, 2.24) is 0 Å². The fraction of sp³-hybridized carbons (Fsp3) is 0.185. The summed E-state index contributed by atoms with van der Waals surface area (Å²) in [5.74, 6) is 0.148. The van der Waals surface area contributed by atoms with Gasteiger partial charge in [0.2, 0.25) is 0 Å². The molecule has 0 amide bonds. The van der Waals surface area contributed by atoms with Crippen molar-refractivity contribution in [2.24, 2.45) is 5.73 Å². The second-order valence-corrected chi connectivity index (χ2v) is 7.59. The maximum atomic E-state index is 12.0. The van der Waals surface area contributed by atoms with Crippen LogP contribution in [0.3, 0.4) is 0 Å². The molecule has 33 heavy (non-hydrogen) atoms. The van der Waals surface area contributed by atoms with E-state index in [0.717, 1.165) is 33.2 Å². The lowest BCUT2D eigenvalue weighted by Crippen LogP contribution is -2.09. The Morgan fingerprint density at radius 3 is 2.76 bits per heavy atom. The Bertz CT molecular complexity index is 1330. The van der Waals surface area contributed by atoms with E-state index in [0.29, 0.717) is 30.0 Å². The third-order valence-corrected chi connectivity index (χ3v) is 5.32. The van der Waals surface area contributed by atoms with E-state index in [1.54, 1.807) is 31.4 Å². The van der Waals surface area contributed by atoms with E-state index < -0.39 is 0 Å². The van der Waals surface area contributed by atoms with Gasteiger partial charge in [-0.1, -0.05) is 24.3 Å². The SMILES string of the molecule is CCOC(=O)Cc1ccc(C#N)cc1OCc1cc(-c2cccc(CN)c2)c2occc2c1. The second-order valence-electron chi connectivity index (χ2n) is 7.59. The molecule has 0 aliphatic heterocycles. The summed E-state index contributed by atoms with van der Waals surface area (Å²) in [5, 5.41) is 10.2. The molecule has 4 aromatic rings. The van der Waals surface area contributed by atoms with E-state index in [-0.39, 0.29) is 19.0 Å². The van der Waals surface area contributed by atoms with Gasteiger partial charge in [-0.15, -0.1) is 0 Å². The van der Waals surface area contributed by atoms with Crippen LogP contribution in [0.25, 0.3) is 22.1 Å². The first-order valence-electron chi connectivity index (χ1n) is 10.7. The molecule has 0 saturated heterocycles. The molecule has 0 fully saturated rings. The molecule has 166 valence electrons. The minimum absolute atomic E-state index is 0.0762. The topological polar surface area (TPSA) is 98.5 Å². The number of hydrogen-bond donors (Lipinski definition) is 1. The Balaban J connectivity index is 1.65. The first-order chi connectivity index (χ1) is 16.1. The number of rotatable bonds is 8. The molecule has 0 spiro atoms. The maximum absolute atomic E-state index is 12.0. The third-order valence-electron chi connectivity index (χ3n) is 5.32. The fourth-order valence-corrected chi connectivity index (χ4v) is 3.74. The van der Waals surface area contributed by atoms with E-state index in [2.05, 4.69) is 12.1 Å². The molecule has 2 N–H and O–H groups in total. The molecule has 0 aliphatic rings. The number of nitrogens with zero attached hydrogens (tertiary/aromatic N) is 1. The minimum atomic E-state index is -0.339. The van der Waals surface area contributed by atoms with Crippen LogP contribution in [0.5, 0.6) is 5.75 Å². The predicted octanol–water partition coefficient (Wildman–Crippen LogP) is 5.11. The van der Waals surface area contributed by atoms with E-state index in [9.17, 15) is 10.1 Å². The summed E-state index contributed by atoms with van der Waals surface area (Å²) in [7, 11) is 0. The summed E-state index contributed by atoms with van der Waals surface area (Å²) in [5.41, 5.74) is 11.7. The van der Waals surface area contributed by atoms with Gasteiger partial charge in [-0.2, -0.15) is 5.26 Å². The number of esters is 1. The van der Waals surface area contributed by atoms with Gasteiger partial charge >= 0.3 is 5.97 Å². The van der Waals surface area contributed by atoms with Gasteiger partial charge in [0.15, 0.2) is 0 Å². The molecule has 0 atom stereocenters. The lowest BCUT2D eigenvalue weighted by molar-refractivity contribution is -0.142. The van der Waals surface area contributed by atoms with Crippen molar-refractivity contribution in [1.29, 1.82) is 5.26 Å². The van der Waals surface area contributed by atoms with E-state index in [1.165, 1.54) is 0 Å². The second kappa shape index (κ2) is 10.0. The molecular formula is C27H24N2O4. The van der Waals surface area contributed by atoms with E-state index in [4.69, 9.17) is 19.6 Å². The zero-order chi connectivity index (χ0) is 23.2. The molecule has 3 aromatic carbocycles. The van der Waals surface area contributed by atoms with Gasteiger partial charge < -0.3 is 19.6 Å². The normalized spacial score (nSPS) is 10.7. The van der Waals surface area contributed by atoms with Gasteiger partial charge in [-0.25, -0.2) is 0 Å². The van der Waals surface area contributed by atoms with Crippen molar-refractivity contribution in [3.63, 3.8) is 0 Å². The number of carbonyl (C=O) groups excluding carboxylic acids is 1. The lowest BCUT2D eigenvalue weighted by atomic mass is 9.99. The van der Waals surface area contributed by atoms with Gasteiger partial charge in [-0.3, -0.25) is 4.79 Å². The van der Waals surface area contributed by atoms with Crippen LogP contribution >= 0.6 is 0 Å². The first-order valence-corrected chi connectivity index (χ1v) is 10.7. The van der Waals surface area contributed by atoms with Crippen LogP contribution in [0.4, 0.5) is 0 Å². The molecule has 1 heterocycles. The van der Waals surface area contributed by atoms with Gasteiger partial charge in [-0.05, 0) is 60.0 Å². The highest BCUT2D eigenvalue weighted by Crippen LogP contribution is 2.32. The maximum Gasteiger partial charge on any atom is 0.310 e. The standard InChI is InChI=1S/C27H24N2O4/c1-2-31-26(30)14-22-7-6-19(16-29)13-25(22)33-17-20-11-23-8-9-32-27(23)24(12-20)21-5-3-4-18(10-21)15-28/h3-13H,2,14-15,17,28H2,1H3. The number of furan rings is 1. The van der Waals surface area contributed by atoms with Crippen molar-refractivity contribution in [3.8, 4) is 22.9 Å². The van der Waals surface area contributed by atoms with Crippen molar-refractivity contribution in [2.75, 3.05) is 6.61 Å². The Kier molecular flexibility index (Phi) is 6.72. The summed E-state index contributed by atoms with van der Waals surface area (Å²) >= 11 is 0. The van der Waals surface area contributed by atoms with Crippen molar-refractivity contribution < 1.29 is 18.7 Å². The molecule has 0 bridgehead atoms. The molecule has 0 radical (unpaired) electrons. The zero-order valence-corrected chi connectivity index (χ0v) is 18.3. The molecule has 0 unspecified atom stereocenters. The molecule has 0 aliphatic carbocycles. The summed E-state index contributed by atoms with van der Waals surface area (Å²) in [4.78, 5) is 12.0. The van der Waals surface area contributed by atoms with Crippen LogP contribution in [0.2, 0.25) is 0 Å². The smallest absolute Gasteiger partial charge is 0.310 e. The average molecular weight is 440 g/mol. The Morgan fingerprint density at radius 1 is 1.09 bits per heavy atom. The van der Waals surface area contributed by atoms with Gasteiger partial charge in [0.05, 0.1) is 30.9 Å². The van der Waals surface area contributed by atoms with Gasteiger partial charge in [0.1, 0.15) is 17.9 Å². The van der Waals surface area contributed by atoms with Crippen LogP contribution < -0.4 is 10.5 Å². The van der Waals surface area contributed by atoms with Crippen molar-refractivity contribution in [3.05, 3.63) is 89.2 Å². The molecule has 0 saturated carbocycles. The monoisotopic (exact) mass is 440 g/mol. The highest BCUT2D eigenvalue weighted by molar-refractivity contribution is 5.93. The van der Waals surface area contributed by atoms with Gasteiger partial charge in [0.25, 0.3) is 0 Å². The number of hydrogen-bond acceptors (Lipinski definition) is 6. The highest BCUT2D eigenvalue weighted by atomic mass is 16.5. The molecule has 4 rings (SSSR count). The molecular weight excluding hydrogens is 416 g/mol. The average Bonchev–Trinajstić information content (AvgIpc) is 3.31. The Labute approximate surface area is 192 Å². The van der Waals surface area contributed by atoms with E-state index in [1.807, 2.05) is 36.4 Å². The summed E-state index contributed by atoms with van der Waals surface area (Å²) in [6.45, 7) is 2.79. The van der Waals surface area contributed by atoms with Crippen LogP contribution in [0.15, 0.2) is 71.3 Å². The Morgan fingerprint density at radius 2 is 1.97 bits per heavy atom. The van der Waals surface area contributed by atoms with Crippen LogP contribution in [-0.2, 0) is 29.1 Å². The fourth-order valence-electron chi connectivity index (χ4n) is 3.74. The number of benzene rings is 3. The number of nitrogens with two attached hydrogens (primary N) is 1. The zero-order valence-electron chi connectivity index (χ0n) is 18.3. The lowest BCUT2D eigenvalue weighted by Gasteiger charge is -2.13. The van der Waals surface area contributed by atoms with Crippen LogP contribution in [0, 0.1) is 11.3 Å². The van der Waals surface area contributed by atoms with Crippen LogP contribution in [-0.4, -0.2) is 12.6 Å². The molecule has 6 heteroatoms. The molecule has 6 nitrogen and oxygen atoms in total. The third kappa shape index (κ3) is 5.05. The summed E-state index contributed by atoms with van der Waals surface area (Å²) in [6, 6.07) is 21.2. The number of ether oxygens (including phenoxy) is 2. The summed E-state index contributed by atoms with van der Waals surface area (Å²) in [6.07, 6.45) is 1.74. The summed E-state index contributed by atoms with van der Waals surface area (Å²) < 4.78 is 16.9. The van der Waals surface area contributed by atoms with Crippen LogP contribution in [0.1, 0.15) is 29.2 Å². The number of nitriles is 1. The first kappa shape index (κ1) is 22.1. The van der Waals surface area contributed by atoms with E-state index >= 15 is 0 Å². The minimum Gasteiger partial charge on any atom is -0.489 e. The van der Waals surface area contributed by atoms with Crippen molar-refractivity contribution >= 4 is 16.9 Å². The van der Waals surface area contributed by atoms with Crippen molar-refractivity contribution in [2.45, 2.75) is 26.5 Å². The molecule has 1 aromatic heterocycles. The Hall–Kier alpha value is -4.08. The number of carbonyl (C=O) groups is 1. The number of fused-ring (bicyclic) bond motifs is 1. The predicted molar refractivity (Wildman–Crippen MR) is 125 cm³/mol. The largest absolute Gasteiger partial charge is 0.489 e. The highest BCUT2D eigenvalue weighted by Gasteiger charge is 2.14. The quantitative estimate of drug-likeness (QED) is 0.382.